The number of halogens is 1. The van der Waals surface area contributed by atoms with Crippen LogP contribution in [0.4, 0.5) is 0 Å². The van der Waals surface area contributed by atoms with Crippen molar-refractivity contribution in [1.29, 1.82) is 0 Å². The van der Waals surface area contributed by atoms with E-state index in [2.05, 4.69) is 46.4 Å². The highest BCUT2D eigenvalue weighted by Gasteiger charge is 2.02. The monoisotopic (exact) mass is 411 g/mol. The third kappa shape index (κ3) is 7.39. The first-order valence-electron chi connectivity index (χ1n) is 6.76. The lowest BCUT2D eigenvalue weighted by atomic mass is 10.4. The maximum Gasteiger partial charge on any atom is 0.191 e. The Morgan fingerprint density at radius 2 is 2.15 bits per heavy atom. The number of nitrogens with zero attached hydrogens (tertiary/aromatic N) is 3. The first-order chi connectivity index (χ1) is 9.19. The van der Waals surface area contributed by atoms with Crippen LogP contribution < -0.4 is 10.6 Å². The molecule has 0 unspecified atom stereocenters. The van der Waals surface area contributed by atoms with E-state index in [0.29, 0.717) is 0 Å². The van der Waals surface area contributed by atoms with Crippen LogP contribution in [0.5, 0.6) is 0 Å². The van der Waals surface area contributed by atoms with Crippen molar-refractivity contribution < 1.29 is 0 Å². The van der Waals surface area contributed by atoms with E-state index in [4.69, 9.17) is 0 Å². The van der Waals surface area contributed by atoms with Crippen LogP contribution in [0.2, 0.25) is 0 Å². The van der Waals surface area contributed by atoms with Gasteiger partial charge in [0.25, 0.3) is 0 Å². The second-order valence-electron chi connectivity index (χ2n) is 4.32. The van der Waals surface area contributed by atoms with Gasteiger partial charge in [0.05, 0.1) is 6.54 Å². The van der Waals surface area contributed by atoms with Crippen LogP contribution in [0.1, 0.15) is 23.7 Å². The molecule has 5 nitrogen and oxygen atoms in total. The fourth-order valence-corrected chi connectivity index (χ4v) is 2.30. The van der Waals surface area contributed by atoms with E-state index >= 15 is 0 Å². The van der Waals surface area contributed by atoms with Crippen LogP contribution >= 0.6 is 35.3 Å². The predicted molar refractivity (Wildman–Crippen MR) is 98.3 cm³/mol. The minimum Gasteiger partial charge on any atom is -0.355 e. The summed E-state index contributed by atoms with van der Waals surface area (Å²) in [7, 11) is 3.90. The van der Waals surface area contributed by atoms with Crippen molar-refractivity contribution in [3.05, 3.63) is 16.1 Å². The second kappa shape index (κ2) is 11.3. The second-order valence-corrected chi connectivity index (χ2v) is 5.52. The van der Waals surface area contributed by atoms with E-state index in [1.807, 2.05) is 6.20 Å². The predicted octanol–water partition coefficient (Wildman–Crippen LogP) is 1.94. The Labute approximate surface area is 143 Å². The van der Waals surface area contributed by atoms with Crippen LogP contribution in [0.3, 0.4) is 0 Å². The van der Waals surface area contributed by atoms with E-state index in [1.54, 1.807) is 18.4 Å². The average Bonchev–Trinajstić information content (AvgIpc) is 2.90. The van der Waals surface area contributed by atoms with Crippen molar-refractivity contribution in [2.45, 2.75) is 26.8 Å². The number of aliphatic imine (C=N–C) groups is 1. The van der Waals surface area contributed by atoms with Gasteiger partial charge in [-0.15, -0.1) is 35.3 Å². The van der Waals surface area contributed by atoms with Crippen molar-refractivity contribution in [3.63, 3.8) is 0 Å². The maximum absolute atomic E-state index is 4.38. The maximum atomic E-state index is 4.38. The standard InChI is InChI=1S/C13H25N5S.HI/c1-5-11-9-16-12(19-11)10-17-13(14-3)15-7-8-18(4)6-2;/h9H,5-8,10H2,1-4H3,(H2,14,15,17);1H. The minimum atomic E-state index is 0. The quantitative estimate of drug-likeness (QED) is 0.409. The van der Waals surface area contributed by atoms with Crippen LogP contribution in [-0.4, -0.2) is 49.6 Å². The molecule has 0 aliphatic heterocycles. The third-order valence-corrected chi connectivity index (χ3v) is 4.05. The van der Waals surface area contributed by atoms with E-state index in [0.717, 1.165) is 43.6 Å². The van der Waals surface area contributed by atoms with Crippen molar-refractivity contribution in [2.75, 3.05) is 33.7 Å². The topological polar surface area (TPSA) is 52.6 Å². The number of hydrogen-bond acceptors (Lipinski definition) is 4. The first kappa shape index (κ1) is 19.6. The highest BCUT2D eigenvalue weighted by atomic mass is 127. The highest BCUT2D eigenvalue weighted by molar-refractivity contribution is 14.0. The summed E-state index contributed by atoms with van der Waals surface area (Å²) in [6.07, 6.45) is 3.00. The Morgan fingerprint density at radius 1 is 1.40 bits per heavy atom. The zero-order valence-electron chi connectivity index (χ0n) is 12.8. The zero-order chi connectivity index (χ0) is 14.1. The van der Waals surface area contributed by atoms with Crippen molar-refractivity contribution in [3.8, 4) is 0 Å². The molecule has 1 aromatic rings. The molecule has 0 radical (unpaired) electrons. The van der Waals surface area contributed by atoms with Gasteiger partial charge in [0.1, 0.15) is 5.01 Å². The first-order valence-corrected chi connectivity index (χ1v) is 7.57. The number of nitrogens with one attached hydrogen (secondary N) is 2. The van der Waals surface area contributed by atoms with Crippen molar-refractivity contribution in [2.24, 2.45) is 4.99 Å². The Balaban J connectivity index is 0.00000361. The van der Waals surface area contributed by atoms with E-state index in [1.165, 1.54) is 4.88 Å². The molecule has 0 aromatic carbocycles. The Kier molecular flexibility index (Phi) is 11.0. The fourth-order valence-electron chi connectivity index (χ4n) is 1.50. The third-order valence-electron chi connectivity index (χ3n) is 2.91. The summed E-state index contributed by atoms with van der Waals surface area (Å²) in [5.74, 6) is 0.831. The summed E-state index contributed by atoms with van der Waals surface area (Å²) in [5.41, 5.74) is 0. The molecule has 116 valence electrons. The summed E-state index contributed by atoms with van der Waals surface area (Å²) >= 11 is 1.75. The zero-order valence-corrected chi connectivity index (χ0v) is 15.9. The number of aromatic nitrogens is 1. The van der Waals surface area contributed by atoms with Gasteiger partial charge >= 0.3 is 0 Å². The molecule has 0 saturated carbocycles. The molecule has 7 heteroatoms. The van der Waals surface area contributed by atoms with Gasteiger partial charge in [-0.25, -0.2) is 4.98 Å². The number of guanidine groups is 1. The van der Waals surface area contributed by atoms with Crippen LogP contribution in [0.15, 0.2) is 11.2 Å². The number of likely N-dealkylation sites (N-methyl/N-ethyl adjacent to an activating group) is 1. The van der Waals surface area contributed by atoms with Crippen molar-refractivity contribution >= 4 is 41.3 Å². The molecule has 1 heterocycles. The molecule has 0 aliphatic rings. The molecule has 0 aliphatic carbocycles. The van der Waals surface area contributed by atoms with Crippen LogP contribution in [-0.2, 0) is 13.0 Å². The Hall–Kier alpha value is -0.410. The smallest absolute Gasteiger partial charge is 0.191 e. The highest BCUT2D eigenvalue weighted by Crippen LogP contribution is 2.12. The lowest BCUT2D eigenvalue weighted by Gasteiger charge is -2.16. The number of rotatable bonds is 7. The molecule has 0 bridgehead atoms. The Bertz CT molecular complexity index is 394. The molecule has 2 N–H and O–H groups in total. The van der Waals surface area contributed by atoms with Crippen LogP contribution in [0.25, 0.3) is 0 Å². The Morgan fingerprint density at radius 3 is 2.70 bits per heavy atom. The summed E-state index contributed by atoms with van der Waals surface area (Å²) in [6.45, 7) is 7.99. The molecule has 1 aromatic heterocycles. The largest absolute Gasteiger partial charge is 0.355 e. The van der Waals surface area contributed by atoms with E-state index in [-0.39, 0.29) is 24.0 Å². The van der Waals surface area contributed by atoms with Gasteiger partial charge in [0, 0.05) is 31.2 Å². The molecular weight excluding hydrogens is 385 g/mol. The molecule has 20 heavy (non-hydrogen) atoms. The number of aryl methyl sites for hydroxylation is 1. The molecule has 0 saturated heterocycles. The number of thiazole rings is 1. The summed E-state index contributed by atoms with van der Waals surface area (Å²) < 4.78 is 0. The van der Waals surface area contributed by atoms with Crippen molar-refractivity contribution in [1.82, 2.24) is 20.5 Å². The van der Waals surface area contributed by atoms with Gasteiger partial charge in [0.2, 0.25) is 0 Å². The molecule has 0 spiro atoms. The number of hydrogen-bond donors (Lipinski definition) is 2. The average molecular weight is 411 g/mol. The summed E-state index contributed by atoms with van der Waals surface area (Å²) in [4.78, 5) is 12.2. The van der Waals surface area contributed by atoms with E-state index < -0.39 is 0 Å². The van der Waals surface area contributed by atoms with Gasteiger partial charge < -0.3 is 15.5 Å². The van der Waals surface area contributed by atoms with Gasteiger partial charge in [-0.3, -0.25) is 4.99 Å². The molecule has 0 amide bonds. The van der Waals surface area contributed by atoms with Gasteiger partial charge in [-0.05, 0) is 20.0 Å². The van der Waals surface area contributed by atoms with E-state index in [9.17, 15) is 0 Å². The normalized spacial score (nSPS) is 11.3. The molecular formula is C13H26IN5S. The SMILES string of the molecule is CCc1cnc(CNC(=NC)NCCN(C)CC)s1.I. The molecule has 0 atom stereocenters. The fraction of sp³-hybridized carbons (Fsp3) is 0.692. The van der Waals surface area contributed by atoms with Crippen LogP contribution in [0, 0.1) is 0 Å². The lowest BCUT2D eigenvalue weighted by molar-refractivity contribution is 0.357. The van der Waals surface area contributed by atoms with Gasteiger partial charge in [0.15, 0.2) is 5.96 Å². The molecule has 0 fully saturated rings. The lowest BCUT2D eigenvalue weighted by Crippen LogP contribution is -2.40. The molecule has 1 rings (SSSR count). The van der Waals surface area contributed by atoms with Gasteiger partial charge in [-0.2, -0.15) is 0 Å². The minimum absolute atomic E-state index is 0. The summed E-state index contributed by atoms with van der Waals surface area (Å²) in [6, 6.07) is 0. The summed E-state index contributed by atoms with van der Waals surface area (Å²) in [5, 5.41) is 7.69. The van der Waals surface area contributed by atoms with Gasteiger partial charge in [-0.1, -0.05) is 13.8 Å².